The number of aliphatic hydroxyl groups is 2. The zero-order chi connectivity index (χ0) is 32.2. The van der Waals surface area contributed by atoms with Gasteiger partial charge in [0.15, 0.2) is 5.16 Å². The molecule has 0 amide bonds. The molecule has 0 aromatic carbocycles. The Labute approximate surface area is 281 Å². The van der Waals surface area contributed by atoms with Crippen LogP contribution in [0.1, 0.15) is 74.4 Å². The first-order chi connectivity index (χ1) is 20.4. The Morgan fingerprint density at radius 3 is 1.79 bits per heavy atom. The molecular weight excluding hydrogens is 730 g/mol. The minimum absolute atomic E-state index is 0.0803. The summed E-state index contributed by atoms with van der Waals surface area (Å²) in [7, 11) is 2.75. The van der Waals surface area contributed by atoms with Gasteiger partial charge in [-0.1, -0.05) is 46.0 Å². The summed E-state index contributed by atoms with van der Waals surface area (Å²) in [6.07, 6.45) is 8.18. The lowest BCUT2D eigenvalue weighted by atomic mass is 9.70. The van der Waals surface area contributed by atoms with Gasteiger partial charge in [0.1, 0.15) is 5.15 Å². The van der Waals surface area contributed by atoms with Crippen molar-refractivity contribution in [2.45, 2.75) is 80.2 Å². The van der Waals surface area contributed by atoms with Gasteiger partial charge in [0, 0.05) is 26.9 Å². The number of hydrogen-bond acceptors (Lipinski definition) is 11. The molecule has 2 saturated carbocycles. The molecule has 0 radical (unpaired) electrons. The highest BCUT2D eigenvalue weighted by molar-refractivity contribution is 14.1. The largest absolute Gasteiger partial charge is 0.469 e. The number of hydrogen-bond donors (Lipinski definition) is 2. The van der Waals surface area contributed by atoms with Crippen LogP contribution >= 0.6 is 57.6 Å². The number of aromatic nitrogens is 4. The van der Waals surface area contributed by atoms with E-state index in [-0.39, 0.29) is 36.4 Å². The molecule has 2 aliphatic rings. The average molecular weight is 772 g/mol. The van der Waals surface area contributed by atoms with E-state index in [9.17, 15) is 19.8 Å². The predicted molar refractivity (Wildman–Crippen MR) is 176 cm³/mol. The fourth-order valence-corrected chi connectivity index (χ4v) is 6.81. The van der Waals surface area contributed by atoms with Crippen LogP contribution in [0.4, 0.5) is 0 Å². The fraction of sp³-hybridized carbons (Fsp3) is 0.655. The fourth-order valence-electron chi connectivity index (χ4n) is 5.25. The topological polar surface area (TPSA) is 145 Å². The number of alkyl halides is 1. The van der Waals surface area contributed by atoms with E-state index in [2.05, 4.69) is 42.5 Å². The van der Waals surface area contributed by atoms with Crippen LogP contribution < -0.4 is 0 Å². The summed E-state index contributed by atoms with van der Waals surface area (Å²) in [4.78, 5) is 39.7. The van der Waals surface area contributed by atoms with Crippen molar-refractivity contribution in [3.8, 4) is 0 Å². The molecule has 240 valence electrons. The molecule has 4 rings (SSSR count). The Morgan fingerprint density at radius 1 is 0.884 bits per heavy atom. The minimum Gasteiger partial charge on any atom is -0.469 e. The molecule has 2 aromatic rings. The summed E-state index contributed by atoms with van der Waals surface area (Å²) in [6, 6.07) is 3.67. The van der Waals surface area contributed by atoms with Crippen molar-refractivity contribution in [2.75, 3.05) is 33.7 Å². The molecule has 2 aliphatic carbocycles. The maximum atomic E-state index is 11.8. The third kappa shape index (κ3) is 10.9. The van der Waals surface area contributed by atoms with Gasteiger partial charge >= 0.3 is 11.9 Å². The Morgan fingerprint density at radius 2 is 1.37 bits per heavy atom. The Balaban J connectivity index is 0.000000242. The second-order valence-electron chi connectivity index (χ2n) is 10.8. The molecule has 0 spiro atoms. The van der Waals surface area contributed by atoms with Crippen molar-refractivity contribution < 1.29 is 29.3 Å². The van der Waals surface area contributed by atoms with E-state index in [0.717, 1.165) is 60.8 Å². The molecule has 2 heterocycles. The van der Waals surface area contributed by atoms with Crippen LogP contribution in [0, 0.1) is 24.7 Å². The van der Waals surface area contributed by atoms with Crippen molar-refractivity contribution in [2.24, 2.45) is 10.8 Å². The third-order valence-corrected chi connectivity index (χ3v) is 10.1. The van der Waals surface area contributed by atoms with Crippen LogP contribution in [0.2, 0.25) is 10.4 Å². The molecule has 43 heavy (non-hydrogen) atoms. The van der Waals surface area contributed by atoms with Crippen LogP contribution in [0.3, 0.4) is 0 Å². The van der Waals surface area contributed by atoms with E-state index in [1.807, 2.05) is 26.2 Å². The van der Waals surface area contributed by atoms with Crippen molar-refractivity contribution >= 4 is 69.5 Å². The highest BCUT2D eigenvalue weighted by Gasteiger charge is 2.43. The first-order valence-electron chi connectivity index (χ1n) is 14.0. The summed E-state index contributed by atoms with van der Waals surface area (Å²) >= 11 is 15.4. The number of ether oxygens (including phenoxy) is 2. The SMILES string of the molecule is COC(=O)C1(CO)CCC(I)CC1.COC(=O)C1(CO)CCC(c2cc(C)nc(Cl)n2)CC1.CSc1nc(C)cc(Cl)n1. The van der Waals surface area contributed by atoms with Crippen molar-refractivity contribution in [3.63, 3.8) is 0 Å². The molecular formula is C29H41Cl2IN4O6S. The van der Waals surface area contributed by atoms with Gasteiger partial charge < -0.3 is 19.7 Å². The van der Waals surface area contributed by atoms with E-state index in [4.69, 9.17) is 32.7 Å². The summed E-state index contributed by atoms with van der Waals surface area (Å²) in [6.45, 7) is 3.53. The number of aliphatic hydroxyl groups excluding tert-OH is 2. The monoisotopic (exact) mass is 770 g/mol. The zero-order valence-corrected chi connectivity index (χ0v) is 29.7. The van der Waals surface area contributed by atoms with E-state index in [1.54, 1.807) is 6.07 Å². The first-order valence-corrected chi connectivity index (χ1v) is 17.2. The molecule has 2 fully saturated rings. The summed E-state index contributed by atoms with van der Waals surface area (Å²) in [5.74, 6) is -0.327. The van der Waals surface area contributed by atoms with Gasteiger partial charge in [-0.3, -0.25) is 9.59 Å². The number of rotatable bonds is 6. The van der Waals surface area contributed by atoms with Gasteiger partial charge in [-0.15, -0.1) is 0 Å². The quantitative estimate of drug-likeness (QED) is 0.0902. The smallest absolute Gasteiger partial charge is 0.314 e. The van der Waals surface area contributed by atoms with Gasteiger partial charge in [0.25, 0.3) is 0 Å². The van der Waals surface area contributed by atoms with Crippen molar-refractivity contribution in [1.82, 2.24) is 19.9 Å². The Hall–Kier alpha value is -1.32. The highest BCUT2D eigenvalue weighted by Crippen LogP contribution is 2.43. The number of halogens is 3. The number of carbonyl (C=O) groups is 2. The van der Waals surface area contributed by atoms with Crippen LogP contribution in [-0.4, -0.2) is 79.7 Å². The molecule has 2 N–H and O–H groups in total. The maximum Gasteiger partial charge on any atom is 0.314 e. The molecule has 14 heteroatoms. The van der Waals surface area contributed by atoms with Crippen LogP contribution in [0.25, 0.3) is 0 Å². The second-order valence-corrected chi connectivity index (χ2v) is 14.1. The lowest BCUT2D eigenvalue weighted by molar-refractivity contribution is -0.158. The average Bonchev–Trinajstić information content (AvgIpc) is 3.00. The van der Waals surface area contributed by atoms with Crippen LogP contribution in [0.5, 0.6) is 0 Å². The normalized spacial score (nSPS) is 24.9. The summed E-state index contributed by atoms with van der Waals surface area (Å²) in [5, 5.41) is 20.3. The van der Waals surface area contributed by atoms with Crippen molar-refractivity contribution in [3.05, 3.63) is 39.7 Å². The van der Waals surface area contributed by atoms with Crippen molar-refractivity contribution in [1.29, 1.82) is 0 Å². The van der Waals surface area contributed by atoms with Crippen LogP contribution in [-0.2, 0) is 19.1 Å². The van der Waals surface area contributed by atoms with Gasteiger partial charge in [-0.25, -0.2) is 19.9 Å². The lowest BCUT2D eigenvalue weighted by Gasteiger charge is -2.36. The number of nitrogens with zero attached hydrogens (tertiary/aromatic N) is 4. The van der Waals surface area contributed by atoms with Gasteiger partial charge in [-0.2, -0.15) is 0 Å². The second kappa shape index (κ2) is 18.0. The van der Waals surface area contributed by atoms with E-state index >= 15 is 0 Å². The number of aryl methyl sites for hydroxylation is 2. The molecule has 0 atom stereocenters. The van der Waals surface area contributed by atoms with E-state index < -0.39 is 10.8 Å². The Bertz CT molecular complexity index is 1170. The molecule has 2 aromatic heterocycles. The number of thioether (sulfide) groups is 1. The standard InChI is InChI=1S/C14H19ClN2O3.C9H15IO3.C6H7ClN2S/c1-9-7-11(17-13(15)16-9)10-3-5-14(8-18,6-4-10)12(19)20-2;1-13-8(12)9(6-11)4-2-7(10)3-5-9;1-4-3-5(7)9-6(8-4)10-2/h7,10,18H,3-6,8H2,1-2H3;7,11H,2-6H2,1H3;3H,1-2H3. The highest BCUT2D eigenvalue weighted by atomic mass is 127. The molecule has 0 unspecified atom stereocenters. The lowest BCUT2D eigenvalue weighted by Crippen LogP contribution is -2.39. The molecule has 0 bridgehead atoms. The Kier molecular flexibility index (Phi) is 15.8. The summed E-state index contributed by atoms with van der Waals surface area (Å²) < 4.78 is 10.2. The maximum absolute atomic E-state index is 11.8. The predicted octanol–water partition coefficient (Wildman–Crippen LogP) is 5.92. The molecule has 0 saturated heterocycles. The van der Waals surface area contributed by atoms with Crippen LogP contribution in [0.15, 0.2) is 17.3 Å². The number of methoxy groups -OCH3 is 2. The van der Waals surface area contributed by atoms with E-state index in [0.29, 0.717) is 21.9 Å². The number of esters is 2. The minimum atomic E-state index is -0.753. The first kappa shape index (κ1) is 37.9. The van der Waals surface area contributed by atoms with Gasteiger partial charge in [-0.05, 0) is 95.2 Å². The third-order valence-electron chi connectivity index (χ3n) is 7.91. The van der Waals surface area contributed by atoms with E-state index in [1.165, 1.54) is 26.0 Å². The molecule has 10 nitrogen and oxygen atoms in total. The summed E-state index contributed by atoms with van der Waals surface area (Å²) in [5.41, 5.74) is 1.31. The number of carbonyl (C=O) groups excluding carboxylic acids is 2. The molecule has 0 aliphatic heterocycles. The zero-order valence-electron chi connectivity index (χ0n) is 25.2. The van der Waals surface area contributed by atoms with Gasteiger partial charge in [0.2, 0.25) is 5.28 Å². The van der Waals surface area contributed by atoms with Gasteiger partial charge in [0.05, 0.1) is 38.3 Å².